The van der Waals surface area contributed by atoms with Gasteiger partial charge in [0.15, 0.2) is 11.2 Å². The number of carbonyl (C=O) groups excluding carboxylic acids is 2. The lowest BCUT2D eigenvalue weighted by Crippen LogP contribution is -2.58. The van der Waals surface area contributed by atoms with Gasteiger partial charge in [-0.3, -0.25) is 14.5 Å². The van der Waals surface area contributed by atoms with Crippen LogP contribution in [0.25, 0.3) is 0 Å². The molecule has 0 bridgehead atoms. The molecule has 0 spiro atoms. The lowest BCUT2D eigenvalue weighted by molar-refractivity contribution is -0.145. The van der Waals surface area contributed by atoms with Crippen molar-refractivity contribution in [2.45, 2.75) is 30.4 Å². The third-order valence-electron chi connectivity index (χ3n) is 4.35. The van der Waals surface area contributed by atoms with Gasteiger partial charge >= 0.3 is 0 Å². The number of amides is 1. The molecule has 25 heavy (non-hydrogen) atoms. The SMILES string of the molecule is O=C(CCc1ccccc1)CN1C(=O)CC1[S+]([O-])Cc1ccccc1. The molecule has 0 radical (unpaired) electrons. The number of rotatable bonds is 8. The maximum atomic E-state index is 12.5. The number of benzene rings is 2. The average Bonchev–Trinajstić information content (AvgIpc) is 2.64. The summed E-state index contributed by atoms with van der Waals surface area (Å²) in [4.78, 5) is 25.5. The highest BCUT2D eigenvalue weighted by Crippen LogP contribution is 2.27. The quantitative estimate of drug-likeness (QED) is 0.540. The Bertz CT molecular complexity index is 720. The van der Waals surface area contributed by atoms with E-state index in [4.69, 9.17) is 0 Å². The molecule has 1 heterocycles. The molecular formula is C20H21NO3S. The monoisotopic (exact) mass is 355 g/mol. The van der Waals surface area contributed by atoms with Crippen molar-refractivity contribution in [3.8, 4) is 0 Å². The molecule has 4 nitrogen and oxygen atoms in total. The molecule has 0 saturated carbocycles. The predicted octanol–water partition coefficient (Wildman–Crippen LogP) is 2.70. The van der Waals surface area contributed by atoms with Gasteiger partial charge in [0.25, 0.3) is 0 Å². The molecular weight excluding hydrogens is 334 g/mol. The first-order chi connectivity index (χ1) is 12.1. The zero-order chi connectivity index (χ0) is 17.6. The molecule has 2 aromatic carbocycles. The van der Waals surface area contributed by atoms with E-state index in [0.717, 1.165) is 11.1 Å². The summed E-state index contributed by atoms with van der Waals surface area (Å²) in [6.07, 6.45) is 1.33. The molecule has 1 saturated heterocycles. The van der Waals surface area contributed by atoms with Gasteiger partial charge in [-0.2, -0.15) is 0 Å². The van der Waals surface area contributed by atoms with E-state index in [1.54, 1.807) is 0 Å². The number of nitrogens with zero attached hydrogens (tertiary/aromatic N) is 1. The second-order valence-electron chi connectivity index (χ2n) is 6.22. The van der Waals surface area contributed by atoms with Crippen molar-refractivity contribution in [1.82, 2.24) is 4.90 Å². The van der Waals surface area contributed by atoms with Crippen LogP contribution in [-0.4, -0.2) is 33.1 Å². The van der Waals surface area contributed by atoms with Crippen LogP contribution in [0.5, 0.6) is 0 Å². The van der Waals surface area contributed by atoms with Crippen LogP contribution in [0.15, 0.2) is 60.7 Å². The van der Waals surface area contributed by atoms with Crippen molar-refractivity contribution in [3.63, 3.8) is 0 Å². The second-order valence-corrected chi connectivity index (χ2v) is 7.81. The molecule has 130 valence electrons. The number of β-lactam (4-membered cyclic amide) rings is 1. The fourth-order valence-corrected chi connectivity index (χ4v) is 4.40. The van der Waals surface area contributed by atoms with Crippen molar-refractivity contribution < 1.29 is 14.1 Å². The summed E-state index contributed by atoms with van der Waals surface area (Å²) in [7, 11) is 0. The molecule has 5 heteroatoms. The Labute approximate surface area is 151 Å². The fourth-order valence-electron chi connectivity index (χ4n) is 2.88. The first-order valence-corrected chi connectivity index (χ1v) is 9.78. The topological polar surface area (TPSA) is 60.4 Å². The summed E-state index contributed by atoms with van der Waals surface area (Å²) in [5.41, 5.74) is 2.09. The Morgan fingerprint density at radius 2 is 1.64 bits per heavy atom. The summed E-state index contributed by atoms with van der Waals surface area (Å²) in [5.74, 6) is 0.339. The van der Waals surface area contributed by atoms with Crippen molar-refractivity contribution in [2.75, 3.05) is 6.54 Å². The molecule has 0 N–H and O–H groups in total. The number of hydrogen-bond donors (Lipinski definition) is 0. The molecule has 2 unspecified atom stereocenters. The lowest BCUT2D eigenvalue weighted by Gasteiger charge is -2.39. The van der Waals surface area contributed by atoms with Crippen LogP contribution in [0, 0.1) is 0 Å². The van der Waals surface area contributed by atoms with Crippen molar-refractivity contribution >= 4 is 22.9 Å². The molecule has 1 aliphatic rings. The summed E-state index contributed by atoms with van der Waals surface area (Å²) >= 11 is -1.18. The summed E-state index contributed by atoms with van der Waals surface area (Å²) < 4.78 is 12.5. The summed E-state index contributed by atoms with van der Waals surface area (Å²) in [5, 5.41) is -0.339. The van der Waals surface area contributed by atoms with Crippen LogP contribution in [0.4, 0.5) is 0 Å². The number of Topliss-reactive ketones (excluding diaryl/α,β-unsaturated/α-hetero) is 1. The standard InChI is InChI=1S/C20H21NO3S/c22-18(12-11-16-7-3-1-4-8-16)14-21-19(23)13-20(21)25(24)15-17-9-5-2-6-10-17/h1-10,20H,11-15H2. The number of ketones is 1. The summed E-state index contributed by atoms with van der Waals surface area (Å²) in [6.45, 7) is 0.0663. The fraction of sp³-hybridized carbons (Fsp3) is 0.300. The first kappa shape index (κ1) is 17.7. The van der Waals surface area contributed by atoms with Crippen LogP contribution in [0.3, 0.4) is 0 Å². The Morgan fingerprint density at radius 3 is 2.24 bits per heavy atom. The Morgan fingerprint density at radius 1 is 1.04 bits per heavy atom. The van der Waals surface area contributed by atoms with E-state index in [1.807, 2.05) is 60.7 Å². The maximum Gasteiger partial charge on any atom is 0.233 e. The van der Waals surface area contributed by atoms with Crippen molar-refractivity contribution in [2.24, 2.45) is 0 Å². The number of likely N-dealkylation sites (tertiary alicyclic amines) is 1. The lowest BCUT2D eigenvalue weighted by atomic mass is 10.1. The van der Waals surface area contributed by atoms with Gasteiger partial charge in [0.2, 0.25) is 5.91 Å². The van der Waals surface area contributed by atoms with Gasteiger partial charge in [-0.05, 0) is 23.2 Å². The molecule has 1 aliphatic heterocycles. The van der Waals surface area contributed by atoms with Crippen LogP contribution < -0.4 is 0 Å². The number of aryl methyl sites for hydroxylation is 1. The number of hydrogen-bond acceptors (Lipinski definition) is 3. The van der Waals surface area contributed by atoms with Gasteiger partial charge in [-0.15, -0.1) is 0 Å². The first-order valence-electron chi connectivity index (χ1n) is 8.39. The third kappa shape index (κ3) is 4.71. The maximum absolute atomic E-state index is 12.5. The van der Waals surface area contributed by atoms with Gasteiger partial charge in [-0.1, -0.05) is 60.7 Å². The zero-order valence-corrected chi connectivity index (χ0v) is 14.8. The van der Waals surface area contributed by atoms with Gasteiger partial charge in [0.1, 0.15) is 5.75 Å². The zero-order valence-electron chi connectivity index (χ0n) is 14.0. The van der Waals surface area contributed by atoms with E-state index in [1.165, 1.54) is 4.90 Å². The average molecular weight is 355 g/mol. The highest BCUT2D eigenvalue weighted by molar-refractivity contribution is 7.91. The van der Waals surface area contributed by atoms with Gasteiger partial charge < -0.3 is 4.55 Å². The normalized spacial score (nSPS) is 17.9. The van der Waals surface area contributed by atoms with Crippen LogP contribution >= 0.6 is 0 Å². The highest BCUT2D eigenvalue weighted by Gasteiger charge is 2.45. The molecule has 0 aliphatic carbocycles. The van der Waals surface area contributed by atoms with Crippen molar-refractivity contribution in [3.05, 3.63) is 71.8 Å². The van der Waals surface area contributed by atoms with E-state index in [2.05, 4.69) is 0 Å². The smallest absolute Gasteiger partial charge is 0.233 e. The molecule has 2 aromatic rings. The molecule has 1 fully saturated rings. The van der Waals surface area contributed by atoms with E-state index >= 15 is 0 Å². The Balaban J connectivity index is 1.50. The predicted molar refractivity (Wildman–Crippen MR) is 98.2 cm³/mol. The minimum Gasteiger partial charge on any atom is -0.614 e. The van der Waals surface area contributed by atoms with Gasteiger partial charge in [-0.25, -0.2) is 0 Å². The van der Waals surface area contributed by atoms with E-state index in [9.17, 15) is 14.1 Å². The minimum atomic E-state index is -1.18. The van der Waals surface area contributed by atoms with E-state index in [0.29, 0.717) is 18.6 Å². The highest BCUT2D eigenvalue weighted by atomic mass is 32.2. The molecule has 0 aromatic heterocycles. The van der Waals surface area contributed by atoms with Crippen LogP contribution in [0.1, 0.15) is 24.0 Å². The minimum absolute atomic E-state index is 0.0126. The Hall–Kier alpha value is -2.11. The van der Waals surface area contributed by atoms with E-state index in [-0.39, 0.29) is 30.0 Å². The number of carbonyl (C=O) groups is 2. The largest absolute Gasteiger partial charge is 0.614 e. The molecule has 1 amide bonds. The third-order valence-corrected chi connectivity index (χ3v) is 6.00. The summed E-state index contributed by atoms with van der Waals surface area (Å²) in [6, 6.07) is 19.4. The second kappa shape index (κ2) is 8.32. The van der Waals surface area contributed by atoms with Crippen LogP contribution in [-0.2, 0) is 32.9 Å². The Kier molecular flexibility index (Phi) is 5.89. The molecule has 2 atom stereocenters. The van der Waals surface area contributed by atoms with E-state index < -0.39 is 11.2 Å². The van der Waals surface area contributed by atoms with Crippen molar-refractivity contribution in [1.29, 1.82) is 0 Å². The van der Waals surface area contributed by atoms with Gasteiger partial charge in [0, 0.05) is 12.0 Å². The van der Waals surface area contributed by atoms with Gasteiger partial charge in [0.05, 0.1) is 13.0 Å². The molecule has 3 rings (SSSR count). The van der Waals surface area contributed by atoms with Crippen LogP contribution in [0.2, 0.25) is 0 Å².